The SMILES string of the molecule is CCNC(C)c1sc(N(C)CC(F)F)nc1C. The summed E-state index contributed by atoms with van der Waals surface area (Å²) in [5, 5.41) is 3.95. The van der Waals surface area contributed by atoms with Crippen molar-refractivity contribution in [1.82, 2.24) is 10.3 Å². The Morgan fingerprint density at radius 1 is 1.47 bits per heavy atom. The molecule has 1 atom stereocenters. The molecule has 0 fully saturated rings. The third kappa shape index (κ3) is 3.89. The number of halogens is 2. The average Bonchev–Trinajstić information content (AvgIpc) is 2.60. The lowest BCUT2D eigenvalue weighted by Crippen LogP contribution is -2.23. The van der Waals surface area contributed by atoms with Crippen LogP contribution in [0.2, 0.25) is 0 Å². The molecule has 0 amide bonds. The van der Waals surface area contributed by atoms with E-state index in [1.54, 1.807) is 7.05 Å². The Morgan fingerprint density at radius 3 is 2.65 bits per heavy atom. The van der Waals surface area contributed by atoms with E-state index in [1.165, 1.54) is 16.2 Å². The standard InChI is InChI=1S/C11H19F2N3S/c1-5-14-7(2)10-8(3)15-11(17-10)16(4)6-9(12)13/h7,9,14H,5-6H2,1-4H3. The molecule has 1 heterocycles. The van der Waals surface area contributed by atoms with E-state index in [2.05, 4.69) is 17.2 Å². The topological polar surface area (TPSA) is 28.2 Å². The molecule has 0 aliphatic rings. The number of nitrogens with zero attached hydrogens (tertiary/aromatic N) is 2. The van der Waals surface area contributed by atoms with E-state index in [1.807, 2.05) is 13.8 Å². The minimum Gasteiger partial charge on any atom is -0.345 e. The van der Waals surface area contributed by atoms with Gasteiger partial charge in [0.2, 0.25) is 0 Å². The number of alkyl halides is 2. The minimum absolute atomic E-state index is 0.214. The van der Waals surface area contributed by atoms with Crippen LogP contribution in [-0.4, -0.2) is 31.5 Å². The fourth-order valence-electron chi connectivity index (χ4n) is 1.64. The van der Waals surface area contributed by atoms with Crippen molar-refractivity contribution in [3.05, 3.63) is 10.6 Å². The number of hydrogen-bond acceptors (Lipinski definition) is 4. The predicted molar refractivity (Wildman–Crippen MR) is 68.2 cm³/mol. The van der Waals surface area contributed by atoms with Crippen molar-refractivity contribution >= 4 is 16.5 Å². The van der Waals surface area contributed by atoms with Crippen LogP contribution in [0.4, 0.5) is 13.9 Å². The van der Waals surface area contributed by atoms with Gasteiger partial charge >= 0.3 is 0 Å². The van der Waals surface area contributed by atoms with Crippen molar-refractivity contribution in [3.63, 3.8) is 0 Å². The fourth-order valence-corrected chi connectivity index (χ4v) is 2.71. The average molecular weight is 263 g/mol. The summed E-state index contributed by atoms with van der Waals surface area (Å²) >= 11 is 1.48. The zero-order valence-electron chi connectivity index (χ0n) is 10.6. The quantitative estimate of drug-likeness (QED) is 0.855. The maximum absolute atomic E-state index is 12.3. The molecule has 6 heteroatoms. The van der Waals surface area contributed by atoms with Gasteiger partial charge in [0.15, 0.2) is 5.13 Å². The molecule has 17 heavy (non-hydrogen) atoms. The van der Waals surface area contributed by atoms with Gasteiger partial charge in [-0.1, -0.05) is 6.92 Å². The van der Waals surface area contributed by atoms with Gasteiger partial charge < -0.3 is 10.2 Å². The lowest BCUT2D eigenvalue weighted by Gasteiger charge is -2.14. The van der Waals surface area contributed by atoms with E-state index >= 15 is 0 Å². The molecule has 1 aromatic heterocycles. The van der Waals surface area contributed by atoms with E-state index < -0.39 is 6.43 Å². The molecule has 0 aliphatic carbocycles. The number of hydrogen-bond donors (Lipinski definition) is 1. The highest BCUT2D eigenvalue weighted by molar-refractivity contribution is 7.15. The molecule has 0 bridgehead atoms. The van der Waals surface area contributed by atoms with Crippen LogP contribution in [-0.2, 0) is 0 Å². The van der Waals surface area contributed by atoms with E-state index in [0.717, 1.165) is 17.1 Å². The van der Waals surface area contributed by atoms with Gasteiger partial charge in [0, 0.05) is 18.0 Å². The monoisotopic (exact) mass is 263 g/mol. The van der Waals surface area contributed by atoms with Crippen LogP contribution in [0.15, 0.2) is 0 Å². The van der Waals surface area contributed by atoms with Crippen LogP contribution in [0, 0.1) is 6.92 Å². The second kappa shape index (κ2) is 6.26. The van der Waals surface area contributed by atoms with Crippen LogP contribution >= 0.6 is 11.3 Å². The highest BCUT2D eigenvalue weighted by Gasteiger charge is 2.17. The number of anilines is 1. The Bertz CT molecular complexity index is 354. The van der Waals surface area contributed by atoms with Crippen LogP contribution < -0.4 is 10.2 Å². The lowest BCUT2D eigenvalue weighted by molar-refractivity contribution is 0.156. The molecule has 0 saturated carbocycles. The Labute approximate surface area is 105 Å². The number of rotatable bonds is 6. The molecule has 0 saturated heterocycles. The number of aryl methyl sites for hydroxylation is 1. The third-order valence-electron chi connectivity index (χ3n) is 2.46. The summed E-state index contributed by atoms with van der Waals surface area (Å²) in [6.45, 7) is 6.61. The smallest absolute Gasteiger partial charge is 0.255 e. The molecule has 98 valence electrons. The molecule has 0 aliphatic heterocycles. The normalized spacial score (nSPS) is 13.1. The Morgan fingerprint density at radius 2 is 2.12 bits per heavy atom. The molecule has 0 aromatic carbocycles. The summed E-state index contributed by atoms with van der Waals surface area (Å²) in [6, 6.07) is 0.214. The first-order valence-corrected chi connectivity index (χ1v) is 6.47. The molecule has 0 radical (unpaired) electrons. The maximum Gasteiger partial charge on any atom is 0.255 e. The maximum atomic E-state index is 12.3. The second-order valence-electron chi connectivity index (χ2n) is 4.00. The zero-order chi connectivity index (χ0) is 13.0. The lowest BCUT2D eigenvalue weighted by atomic mass is 10.2. The minimum atomic E-state index is -2.33. The molecule has 1 rings (SSSR count). The van der Waals surface area contributed by atoms with Crippen molar-refractivity contribution in [3.8, 4) is 0 Å². The van der Waals surface area contributed by atoms with Crippen molar-refractivity contribution in [2.24, 2.45) is 0 Å². The van der Waals surface area contributed by atoms with Gasteiger partial charge in [0.1, 0.15) is 0 Å². The molecule has 1 unspecified atom stereocenters. The zero-order valence-corrected chi connectivity index (χ0v) is 11.4. The largest absolute Gasteiger partial charge is 0.345 e. The highest BCUT2D eigenvalue weighted by atomic mass is 32.1. The number of thiazole rings is 1. The summed E-state index contributed by atoms with van der Waals surface area (Å²) in [5.41, 5.74) is 0.916. The van der Waals surface area contributed by atoms with E-state index in [4.69, 9.17) is 0 Å². The molecular weight excluding hydrogens is 244 g/mol. The summed E-state index contributed by atoms with van der Waals surface area (Å²) < 4.78 is 24.6. The Hall–Kier alpha value is -0.750. The molecular formula is C11H19F2N3S. The number of nitrogens with one attached hydrogen (secondary N) is 1. The summed E-state index contributed by atoms with van der Waals surface area (Å²) in [6.07, 6.45) is -2.33. The Balaban J connectivity index is 2.80. The first kappa shape index (κ1) is 14.3. The van der Waals surface area contributed by atoms with Gasteiger partial charge in [-0.05, 0) is 20.4 Å². The molecule has 1 aromatic rings. The van der Waals surface area contributed by atoms with E-state index in [-0.39, 0.29) is 12.6 Å². The van der Waals surface area contributed by atoms with Gasteiger partial charge in [-0.25, -0.2) is 13.8 Å². The van der Waals surface area contributed by atoms with Gasteiger partial charge in [-0.2, -0.15) is 0 Å². The Kier molecular flexibility index (Phi) is 5.27. The first-order valence-electron chi connectivity index (χ1n) is 5.65. The van der Waals surface area contributed by atoms with Gasteiger partial charge in [-0.3, -0.25) is 0 Å². The number of aromatic nitrogens is 1. The summed E-state index contributed by atoms with van der Waals surface area (Å²) in [7, 11) is 1.64. The molecule has 0 spiro atoms. The summed E-state index contributed by atoms with van der Waals surface area (Å²) in [5.74, 6) is 0. The van der Waals surface area contributed by atoms with Crippen molar-refractivity contribution in [2.45, 2.75) is 33.2 Å². The third-order valence-corrected chi connectivity index (χ3v) is 3.92. The predicted octanol–water partition coefficient (Wildman–Crippen LogP) is 2.82. The van der Waals surface area contributed by atoms with Gasteiger partial charge in [-0.15, -0.1) is 11.3 Å². The molecule has 1 N–H and O–H groups in total. The highest BCUT2D eigenvalue weighted by Crippen LogP contribution is 2.30. The van der Waals surface area contributed by atoms with Gasteiger partial charge in [0.25, 0.3) is 6.43 Å². The summed E-state index contributed by atoms with van der Waals surface area (Å²) in [4.78, 5) is 6.96. The van der Waals surface area contributed by atoms with Crippen LogP contribution in [0.1, 0.15) is 30.5 Å². The van der Waals surface area contributed by atoms with Crippen LogP contribution in [0.3, 0.4) is 0 Å². The van der Waals surface area contributed by atoms with Gasteiger partial charge in [0.05, 0.1) is 12.2 Å². The fraction of sp³-hybridized carbons (Fsp3) is 0.727. The van der Waals surface area contributed by atoms with Crippen molar-refractivity contribution in [2.75, 3.05) is 25.0 Å². The van der Waals surface area contributed by atoms with Crippen LogP contribution in [0.5, 0.6) is 0 Å². The second-order valence-corrected chi connectivity index (χ2v) is 5.01. The van der Waals surface area contributed by atoms with E-state index in [0.29, 0.717) is 5.13 Å². The van der Waals surface area contributed by atoms with Crippen molar-refractivity contribution in [1.29, 1.82) is 0 Å². The van der Waals surface area contributed by atoms with Crippen molar-refractivity contribution < 1.29 is 8.78 Å². The van der Waals surface area contributed by atoms with Crippen LogP contribution in [0.25, 0.3) is 0 Å². The first-order chi connectivity index (χ1) is 7.95. The van der Waals surface area contributed by atoms with E-state index in [9.17, 15) is 8.78 Å². The molecule has 3 nitrogen and oxygen atoms in total.